The molecule has 0 spiro atoms. The molecule has 5 nitrogen and oxygen atoms in total. The summed E-state index contributed by atoms with van der Waals surface area (Å²) in [5, 5.41) is 12.3. The van der Waals surface area contributed by atoms with Crippen LogP contribution in [0.25, 0.3) is 0 Å². The maximum absolute atomic E-state index is 10.8. The molecular weight excluding hydrogens is 234 g/mol. The van der Waals surface area contributed by atoms with Gasteiger partial charge in [0.1, 0.15) is 23.7 Å². The van der Waals surface area contributed by atoms with Crippen LogP contribution in [0, 0.1) is 6.92 Å². The molecule has 100 valence electrons. The maximum atomic E-state index is 10.8. The summed E-state index contributed by atoms with van der Waals surface area (Å²) >= 11 is 0. The number of aromatic carboxylic acids is 1. The highest BCUT2D eigenvalue weighted by Gasteiger charge is 2.15. The van der Waals surface area contributed by atoms with Crippen molar-refractivity contribution in [2.45, 2.75) is 38.8 Å². The Bertz CT molecular complexity index is 407. The van der Waals surface area contributed by atoms with Gasteiger partial charge in [-0.05, 0) is 32.4 Å². The van der Waals surface area contributed by atoms with Crippen LogP contribution in [0.1, 0.15) is 41.1 Å². The van der Waals surface area contributed by atoms with E-state index >= 15 is 0 Å². The van der Waals surface area contributed by atoms with E-state index in [-0.39, 0.29) is 5.56 Å². The standard InChI is InChI=1S/C13H19NO4/c1-9-12(13(15)16)6-11(18-9)8-17-7-10-4-2-3-5-14-10/h6,10,14H,2-5,7-8H2,1H3,(H,15,16). The third-order valence-electron chi connectivity index (χ3n) is 3.17. The van der Waals surface area contributed by atoms with Crippen molar-refractivity contribution in [3.8, 4) is 0 Å². The zero-order chi connectivity index (χ0) is 13.0. The minimum atomic E-state index is -0.962. The van der Waals surface area contributed by atoms with Crippen molar-refractivity contribution in [1.29, 1.82) is 0 Å². The van der Waals surface area contributed by atoms with E-state index in [0.29, 0.717) is 30.8 Å². The summed E-state index contributed by atoms with van der Waals surface area (Å²) in [6.45, 7) is 3.67. The van der Waals surface area contributed by atoms with E-state index in [4.69, 9.17) is 14.3 Å². The minimum absolute atomic E-state index is 0.212. The van der Waals surface area contributed by atoms with Gasteiger partial charge in [0.2, 0.25) is 0 Å². The van der Waals surface area contributed by atoms with E-state index in [2.05, 4.69) is 5.32 Å². The highest BCUT2D eigenvalue weighted by molar-refractivity contribution is 5.88. The Balaban J connectivity index is 1.79. The second-order valence-electron chi connectivity index (χ2n) is 4.65. The van der Waals surface area contributed by atoms with E-state index in [1.54, 1.807) is 6.92 Å². The fourth-order valence-corrected chi connectivity index (χ4v) is 2.20. The van der Waals surface area contributed by atoms with Gasteiger partial charge >= 0.3 is 5.97 Å². The van der Waals surface area contributed by atoms with Crippen LogP contribution in [0.15, 0.2) is 10.5 Å². The van der Waals surface area contributed by atoms with Crippen molar-refractivity contribution in [3.05, 3.63) is 23.2 Å². The Labute approximate surface area is 106 Å². The molecule has 1 aliphatic rings. The van der Waals surface area contributed by atoms with Crippen LogP contribution in [-0.4, -0.2) is 30.3 Å². The minimum Gasteiger partial charge on any atom is -0.478 e. The summed E-state index contributed by atoms with van der Waals surface area (Å²) in [4.78, 5) is 10.8. The third kappa shape index (κ3) is 3.34. The number of piperidine rings is 1. The first-order valence-corrected chi connectivity index (χ1v) is 6.30. The lowest BCUT2D eigenvalue weighted by Crippen LogP contribution is -2.37. The topological polar surface area (TPSA) is 71.7 Å². The summed E-state index contributed by atoms with van der Waals surface area (Å²) in [5.74, 6) is 0.0362. The predicted molar refractivity (Wildman–Crippen MR) is 65.7 cm³/mol. The van der Waals surface area contributed by atoms with Gasteiger partial charge in [0.25, 0.3) is 0 Å². The molecule has 1 aliphatic heterocycles. The molecule has 5 heteroatoms. The third-order valence-corrected chi connectivity index (χ3v) is 3.17. The fourth-order valence-electron chi connectivity index (χ4n) is 2.20. The lowest BCUT2D eigenvalue weighted by atomic mass is 10.1. The molecule has 2 rings (SSSR count). The largest absolute Gasteiger partial charge is 0.478 e. The summed E-state index contributed by atoms with van der Waals surface area (Å²) in [7, 11) is 0. The molecule has 1 saturated heterocycles. The summed E-state index contributed by atoms with van der Waals surface area (Å²) in [6.07, 6.45) is 3.61. The number of aryl methyl sites for hydroxylation is 1. The fraction of sp³-hybridized carbons (Fsp3) is 0.615. The Morgan fingerprint density at radius 3 is 3.06 bits per heavy atom. The Kier molecular flexibility index (Phi) is 4.38. The first-order valence-electron chi connectivity index (χ1n) is 6.30. The van der Waals surface area contributed by atoms with Gasteiger partial charge < -0.3 is 19.6 Å². The molecule has 1 aromatic heterocycles. The van der Waals surface area contributed by atoms with Crippen molar-refractivity contribution in [2.75, 3.05) is 13.2 Å². The second kappa shape index (κ2) is 6.02. The van der Waals surface area contributed by atoms with Crippen molar-refractivity contribution < 1.29 is 19.1 Å². The molecule has 0 amide bonds. The average Bonchev–Trinajstić information content (AvgIpc) is 2.72. The van der Waals surface area contributed by atoms with E-state index in [1.807, 2.05) is 0 Å². The van der Waals surface area contributed by atoms with Crippen molar-refractivity contribution in [3.63, 3.8) is 0 Å². The Morgan fingerprint density at radius 2 is 2.44 bits per heavy atom. The first kappa shape index (κ1) is 13.1. The number of furan rings is 1. The number of ether oxygens (including phenoxy) is 1. The smallest absolute Gasteiger partial charge is 0.339 e. The van der Waals surface area contributed by atoms with Crippen LogP contribution in [0.4, 0.5) is 0 Å². The second-order valence-corrected chi connectivity index (χ2v) is 4.65. The van der Waals surface area contributed by atoms with Gasteiger partial charge in [-0.1, -0.05) is 6.42 Å². The van der Waals surface area contributed by atoms with E-state index < -0.39 is 5.97 Å². The molecule has 18 heavy (non-hydrogen) atoms. The summed E-state index contributed by atoms with van der Waals surface area (Å²) in [6, 6.07) is 1.94. The summed E-state index contributed by atoms with van der Waals surface area (Å²) < 4.78 is 10.9. The molecular formula is C13H19NO4. The number of hydrogen-bond donors (Lipinski definition) is 2. The van der Waals surface area contributed by atoms with Crippen molar-refractivity contribution in [2.24, 2.45) is 0 Å². The van der Waals surface area contributed by atoms with Gasteiger partial charge in [-0.25, -0.2) is 4.79 Å². The number of carboxylic acids is 1. The molecule has 1 unspecified atom stereocenters. The van der Waals surface area contributed by atoms with Gasteiger partial charge in [0, 0.05) is 6.04 Å². The zero-order valence-electron chi connectivity index (χ0n) is 10.6. The molecule has 0 radical (unpaired) electrons. The quantitative estimate of drug-likeness (QED) is 0.839. The van der Waals surface area contributed by atoms with Crippen molar-refractivity contribution >= 4 is 5.97 Å². The number of rotatable bonds is 5. The molecule has 1 aromatic rings. The van der Waals surface area contributed by atoms with Crippen LogP contribution >= 0.6 is 0 Å². The summed E-state index contributed by atoms with van der Waals surface area (Å²) in [5.41, 5.74) is 0.212. The molecule has 0 saturated carbocycles. The predicted octanol–water partition coefficient (Wildman–Crippen LogP) is 1.94. The van der Waals surface area contributed by atoms with E-state index in [9.17, 15) is 4.79 Å². The number of carboxylic acid groups (broad SMARTS) is 1. The number of nitrogens with one attached hydrogen (secondary N) is 1. The highest BCUT2D eigenvalue weighted by Crippen LogP contribution is 2.16. The van der Waals surface area contributed by atoms with Gasteiger partial charge in [-0.3, -0.25) is 0 Å². The number of hydrogen-bond acceptors (Lipinski definition) is 4. The van der Waals surface area contributed by atoms with Gasteiger partial charge in [0.15, 0.2) is 0 Å². The maximum Gasteiger partial charge on any atom is 0.339 e. The van der Waals surface area contributed by atoms with Gasteiger partial charge in [-0.2, -0.15) is 0 Å². The first-order chi connectivity index (χ1) is 8.66. The van der Waals surface area contributed by atoms with Crippen molar-refractivity contribution in [1.82, 2.24) is 5.32 Å². The van der Waals surface area contributed by atoms with Gasteiger partial charge in [0.05, 0.1) is 6.61 Å². The molecule has 1 atom stereocenters. The van der Waals surface area contributed by atoms with E-state index in [0.717, 1.165) is 13.0 Å². The Hall–Kier alpha value is -1.33. The average molecular weight is 253 g/mol. The van der Waals surface area contributed by atoms with Crippen LogP contribution < -0.4 is 5.32 Å². The monoisotopic (exact) mass is 253 g/mol. The van der Waals surface area contributed by atoms with Crippen LogP contribution in [0.2, 0.25) is 0 Å². The number of carbonyl (C=O) groups is 1. The molecule has 1 fully saturated rings. The van der Waals surface area contributed by atoms with Gasteiger partial charge in [-0.15, -0.1) is 0 Å². The lowest BCUT2D eigenvalue weighted by Gasteiger charge is -2.22. The molecule has 0 aromatic carbocycles. The Morgan fingerprint density at radius 1 is 1.61 bits per heavy atom. The normalized spacial score (nSPS) is 19.9. The molecule has 2 N–H and O–H groups in total. The lowest BCUT2D eigenvalue weighted by molar-refractivity contribution is 0.0695. The van der Waals surface area contributed by atoms with Crippen LogP contribution in [0.5, 0.6) is 0 Å². The SMILES string of the molecule is Cc1oc(COCC2CCCCN2)cc1C(=O)O. The van der Waals surface area contributed by atoms with E-state index in [1.165, 1.54) is 18.9 Å². The molecule has 2 heterocycles. The zero-order valence-corrected chi connectivity index (χ0v) is 10.6. The molecule has 0 bridgehead atoms. The molecule has 0 aliphatic carbocycles. The van der Waals surface area contributed by atoms with Crippen LogP contribution in [0.3, 0.4) is 0 Å². The highest BCUT2D eigenvalue weighted by atomic mass is 16.5. The van der Waals surface area contributed by atoms with Crippen LogP contribution in [-0.2, 0) is 11.3 Å².